The van der Waals surface area contributed by atoms with Crippen LogP contribution in [0.15, 0.2) is 30.9 Å². The minimum absolute atomic E-state index is 0.0126. The molecule has 0 unspecified atom stereocenters. The SMILES string of the molecule is CC(C)(C)OC(=O)N1CCC[C@H]1C1=NC(Br)=C(Cl)C1.CC(C)(C)OC(=O)N1CCC[C@H]1C1=NC=C(Cl)C1. The normalized spacial score (nSPS) is 24.0. The van der Waals surface area contributed by atoms with Crippen molar-refractivity contribution >= 4 is 62.7 Å². The zero-order chi connectivity index (χ0) is 27.5. The number of amides is 2. The van der Waals surface area contributed by atoms with E-state index in [0.717, 1.165) is 48.7 Å². The Hall–Kier alpha value is -1.58. The number of allylic oxidation sites excluding steroid dienone is 2. The molecule has 0 aliphatic carbocycles. The number of hydrogen-bond acceptors (Lipinski definition) is 6. The van der Waals surface area contributed by atoms with Crippen molar-refractivity contribution in [3.63, 3.8) is 0 Å². The highest BCUT2D eigenvalue weighted by molar-refractivity contribution is 9.11. The summed E-state index contributed by atoms with van der Waals surface area (Å²) in [5, 5.41) is 1.44. The third-order valence-electron chi connectivity index (χ3n) is 6.05. The maximum atomic E-state index is 12.2. The second-order valence-electron chi connectivity index (χ2n) is 11.5. The molecule has 206 valence electrons. The molecule has 4 rings (SSSR count). The van der Waals surface area contributed by atoms with Crippen LogP contribution >= 0.6 is 39.1 Å². The van der Waals surface area contributed by atoms with Crippen molar-refractivity contribution in [3.8, 4) is 0 Å². The highest BCUT2D eigenvalue weighted by Crippen LogP contribution is 2.33. The molecule has 37 heavy (non-hydrogen) atoms. The van der Waals surface area contributed by atoms with E-state index in [4.69, 9.17) is 32.7 Å². The predicted molar refractivity (Wildman–Crippen MR) is 152 cm³/mol. The van der Waals surface area contributed by atoms with Crippen molar-refractivity contribution < 1.29 is 19.1 Å². The molecule has 0 saturated carbocycles. The molecule has 2 amide bonds. The van der Waals surface area contributed by atoms with Crippen molar-refractivity contribution in [1.29, 1.82) is 0 Å². The van der Waals surface area contributed by atoms with Gasteiger partial charge in [-0.05, 0) is 83.2 Å². The van der Waals surface area contributed by atoms with Crippen LogP contribution < -0.4 is 0 Å². The zero-order valence-electron chi connectivity index (χ0n) is 22.4. The Morgan fingerprint density at radius 3 is 1.76 bits per heavy atom. The fourth-order valence-corrected chi connectivity index (χ4v) is 5.31. The van der Waals surface area contributed by atoms with E-state index in [9.17, 15) is 9.59 Å². The first-order valence-corrected chi connectivity index (χ1v) is 14.2. The summed E-state index contributed by atoms with van der Waals surface area (Å²) in [6, 6.07) is 0.0611. The summed E-state index contributed by atoms with van der Waals surface area (Å²) < 4.78 is 11.5. The van der Waals surface area contributed by atoms with Crippen LogP contribution in [0.25, 0.3) is 0 Å². The van der Waals surface area contributed by atoms with Crippen LogP contribution in [0, 0.1) is 0 Å². The van der Waals surface area contributed by atoms with Crippen LogP contribution in [0.3, 0.4) is 0 Å². The largest absolute Gasteiger partial charge is 0.444 e. The van der Waals surface area contributed by atoms with Crippen LogP contribution in [0.4, 0.5) is 9.59 Å². The van der Waals surface area contributed by atoms with Crippen molar-refractivity contribution in [2.45, 2.75) is 103 Å². The molecule has 4 aliphatic rings. The number of carbonyl (C=O) groups excluding carboxylic acids is 2. The maximum absolute atomic E-state index is 12.2. The number of aliphatic imine (C=N–C) groups is 2. The van der Waals surface area contributed by atoms with Gasteiger partial charge in [0.2, 0.25) is 0 Å². The first-order chi connectivity index (χ1) is 17.1. The lowest BCUT2D eigenvalue weighted by molar-refractivity contribution is 0.0254. The van der Waals surface area contributed by atoms with Gasteiger partial charge in [-0.2, -0.15) is 0 Å². The Labute approximate surface area is 238 Å². The quantitative estimate of drug-likeness (QED) is 0.303. The van der Waals surface area contributed by atoms with Gasteiger partial charge in [-0.1, -0.05) is 23.2 Å². The summed E-state index contributed by atoms with van der Waals surface area (Å²) in [5.74, 6) is 0. The van der Waals surface area contributed by atoms with Gasteiger partial charge in [0.05, 0.1) is 17.1 Å². The van der Waals surface area contributed by atoms with Crippen molar-refractivity contribution in [3.05, 3.63) is 20.9 Å². The molecule has 0 radical (unpaired) electrons. The lowest BCUT2D eigenvalue weighted by Gasteiger charge is -2.28. The topological polar surface area (TPSA) is 83.8 Å². The molecule has 0 aromatic heterocycles. The van der Waals surface area contributed by atoms with Crippen LogP contribution in [-0.4, -0.2) is 69.8 Å². The first kappa shape index (κ1) is 30.0. The summed E-state index contributed by atoms with van der Waals surface area (Å²) in [6.07, 6.45) is 6.24. The highest BCUT2D eigenvalue weighted by Gasteiger charge is 2.37. The molecule has 0 N–H and O–H groups in total. The Kier molecular flexibility index (Phi) is 9.78. The minimum atomic E-state index is -0.474. The van der Waals surface area contributed by atoms with E-state index in [-0.39, 0.29) is 24.3 Å². The van der Waals surface area contributed by atoms with E-state index in [1.807, 2.05) is 41.5 Å². The average Bonchev–Trinajstić information content (AvgIpc) is 3.53. The number of likely N-dealkylation sites (tertiary alicyclic amines) is 2. The molecule has 2 atom stereocenters. The summed E-state index contributed by atoms with van der Waals surface area (Å²) >= 11 is 15.3. The van der Waals surface area contributed by atoms with E-state index in [2.05, 4.69) is 25.9 Å². The summed E-state index contributed by atoms with van der Waals surface area (Å²) in [5.41, 5.74) is 0.985. The van der Waals surface area contributed by atoms with Gasteiger partial charge in [-0.15, -0.1) is 0 Å². The molecule has 2 saturated heterocycles. The third-order valence-corrected chi connectivity index (χ3v) is 7.48. The van der Waals surface area contributed by atoms with E-state index < -0.39 is 11.2 Å². The van der Waals surface area contributed by atoms with Crippen LogP contribution in [0.2, 0.25) is 0 Å². The lowest BCUT2D eigenvalue weighted by Crippen LogP contribution is -2.43. The number of ether oxygens (including phenoxy) is 2. The fourth-order valence-electron chi connectivity index (χ4n) is 4.58. The smallest absolute Gasteiger partial charge is 0.410 e. The number of carbonyl (C=O) groups is 2. The summed E-state index contributed by atoms with van der Waals surface area (Å²) in [7, 11) is 0. The maximum Gasteiger partial charge on any atom is 0.410 e. The number of rotatable bonds is 2. The molecule has 4 heterocycles. The number of halogens is 3. The second kappa shape index (κ2) is 12.1. The standard InChI is InChI=1S/C13H18BrClN2O2.C13H19ClN2O2/c1-13(2,3)19-12(18)17-6-4-5-10(17)9-7-8(15)11(14)16-9;1-13(2,3)18-12(17)16-6-4-5-11(16)10-7-9(14)8-15-10/h10H,4-7H2,1-3H3;8,11H,4-7H2,1-3H3/t10-;11-/m00/s1. The number of nitrogens with zero attached hydrogens (tertiary/aromatic N) is 4. The lowest BCUT2D eigenvalue weighted by atomic mass is 10.1. The van der Waals surface area contributed by atoms with Gasteiger partial charge in [-0.25, -0.2) is 14.6 Å². The van der Waals surface area contributed by atoms with Crippen molar-refractivity contribution in [2.75, 3.05) is 13.1 Å². The molecule has 0 bridgehead atoms. The van der Waals surface area contributed by atoms with Gasteiger partial charge in [0.1, 0.15) is 15.8 Å². The highest BCUT2D eigenvalue weighted by atomic mass is 79.9. The average molecular weight is 620 g/mol. The Morgan fingerprint density at radius 1 is 0.892 bits per heavy atom. The third kappa shape index (κ3) is 8.45. The first-order valence-electron chi connectivity index (χ1n) is 12.7. The summed E-state index contributed by atoms with van der Waals surface area (Å²) in [4.78, 5) is 36.5. The molecule has 8 nitrogen and oxygen atoms in total. The van der Waals surface area contributed by atoms with Gasteiger partial charge in [0.25, 0.3) is 0 Å². The number of hydrogen-bond donors (Lipinski definition) is 0. The van der Waals surface area contributed by atoms with Crippen molar-refractivity contribution in [2.24, 2.45) is 9.98 Å². The van der Waals surface area contributed by atoms with Gasteiger partial charge >= 0.3 is 12.2 Å². The molecule has 2 fully saturated rings. The van der Waals surface area contributed by atoms with Crippen LogP contribution in [0.5, 0.6) is 0 Å². The molecular formula is C26H37BrCl2N4O4. The minimum Gasteiger partial charge on any atom is -0.444 e. The molecule has 11 heteroatoms. The molecule has 0 aromatic rings. The second-order valence-corrected chi connectivity index (χ2v) is 13.2. The molecular weight excluding hydrogens is 583 g/mol. The van der Waals surface area contributed by atoms with Crippen LogP contribution in [0.1, 0.15) is 80.1 Å². The zero-order valence-corrected chi connectivity index (χ0v) is 25.5. The van der Waals surface area contributed by atoms with E-state index >= 15 is 0 Å². The summed E-state index contributed by atoms with van der Waals surface area (Å²) in [6.45, 7) is 12.7. The van der Waals surface area contributed by atoms with E-state index in [1.54, 1.807) is 16.0 Å². The van der Waals surface area contributed by atoms with E-state index in [0.29, 0.717) is 29.0 Å². The Morgan fingerprint density at radius 2 is 1.38 bits per heavy atom. The molecule has 4 aliphatic heterocycles. The monoisotopic (exact) mass is 618 g/mol. The molecule has 0 spiro atoms. The predicted octanol–water partition coefficient (Wildman–Crippen LogP) is 7.34. The fraction of sp³-hybridized carbons (Fsp3) is 0.692. The van der Waals surface area contributed by atoms with E-state index in [1.165, 1.54) is 0 Å². The Balaban J connectivity index is 0.000000206. The van der Waals surface area contributed by atoms with Gasteiger partial charge in [0.15, 0.2) is 0 Å². The van der Waals surface area contributed by atoms with Crippen LogP contribution in [-0.2, 0) is 9.47 Å². The molecule has 0 aromatic carbocycles. The van der Waals surface area contributed by atoms with Gasteiger partial charge < -0.3 is 9.47 Å². The van der Waals surface area contributed by atoms with Gasteiger partial charge in [0, 0.05) is 48.6 Å². The Bertz CT molecular complexity index is 1030. The van der Waals surface area contributed by atoms with Gasteiger partial charge in [-0.3, -0.25) is 14.8 Å². The van der Waals surface area contributed by atoms with Crippen molar-refractivity contribution in [1.82, 2.24) is 9.80 Å².